The maximum Gasteiger partial charge on any atom is 0.222 e. The topological polar surface area (TPSA) is 59.9 Å². The van der Waals surface area contributed by atoms with Gasteiger partial charge in [-0.2, -0.15) is 0 Å². The molecule has 0 saturated carbocycles. The highest BCUT2D eigenvalue weighted by Crippen LogP contribution is 2.33. The van der Waals surface area contributed by atoms with Crippen molar-refractivity contribution < 1.29 is 4.39 Å². The zero-order chi connectivity index (χ0) is 22.8. The predicted molar refractivity (Wildman–Crippen MR) is 130 cm³/mol. The first kappa shape index (κ1) is 21.5. The van der Waals surface area contributed by atoms with Crippen LogP contribution in [0, 0.1) is 5.82 Å². The molecule has 1 saturated heterocycles. The molecule has 1 N–H and O–H groups in total. The van der Waals surface area contributed by atoms with Gasteiger partial charge in [0.05, 0.1) is 17.9 Å². The van der Waals surface area contributed by atoms with Gasteiger partial charge in [0.1, 0.15) is 11.7 Å². The summed E-state index contributed by atoms with van der Waals surface area (Å²) in [6.07, 6.45) is 8.18. The van der Waals surface area contributed by atoms with Gasteiger partial charge < -0.3 is 15.1 Å². The average molecular weight is 446 g/mol. The first-order valence-electron chi connectivity index (χ1n) is 11.2. The van der Waals surface area contributed by atoms with E-state index in [0.29, 0.717) is 12.5 Å². The molecule has 2 aromatic rings. The summed E-state index contributed by atoms with van der Waals surface area (Å²) < 4.78 is 13.6. The van der Waals surface area contributed by atoms with Gasteiger partial charge in [-0.1, -0.05) is 0 Å². The van der Waals surface area contributed by atoms with Crippen LogP contribution < -0.4 is 5.32 Å². The molecule has 0 spiro atoms. The van der Waals surface area contributed by atoms with Crippen molar-refractivity contribution in [3.05, 3.63) is 77.5 Å². The van der Waals surface area contributed by atoms with Crippen molar-refractivity contribution in [1.82, 2.24) is 24.7 Å². The van der Waals surface area contributed by atoms with E-state index in [1.54, 1.807) is 25.4 Å². The Morgan fingerprint density at radius 2 is 1.85 bits per heavy atom. The van der Waals surface area contributed by atoms with Gasteiger partial charge in [0.2, 0.25) is 5.95 Å². The fraction of sp³-hybridized carbons (Fsp3) is 0.320. The molecule has 0 radical (unpaired) electrons. The van der Waals surface area contributed by atoms with Crippen molar-refractivity contribution in [2.75, 3.05) is 58.7 Å². The number of nitrogens with one attached hydrogen (secondary N) is 1. The van der Waals surface area contributed by atoms with Crippen molar-refractivity contribution in [2.24, 2.45) is 4.99 Å². The quantitative estimate of drug-likeness (QED) is 0.764. The lowest BCUT2D eigenvalue weighted by molar-refractivity contribution is 0.164. The van der Waals surface area contributed by atoms with Crippen LogP contribution in [-0.2, 0) is 0 Å². The molecule has 0 unspecified atom stereocenters. The summed E-state index contributed by atoms with van der Waals surface area (Å²) in [6.45, 7) is 5.88. The Labute approximate surface area is 193 Å². The molecule has 1 aromatic heterocycles. The van der Waals surface area contributed by atoms with Crippen LogP contribution in [0.1, 0.15) is 11.3 Å². The van der Waals surface area contributed by atoms with E-state index in [1.165, 1.54) is 17.7 Å². The van der Waals surface area contributed by atoms with E-state index < -0.39 is 0 Å². The summed E-state index contributed by atoms with van der Waals surface area (Å²) in [7, 11) is 3.97. The van der Waals surface area contributed by atoms with Crippen molar-refractivity contribution >= 4 is 23.1 Å². The Balaban J connectivity index is 1.51. The van der Waals surface area contributed by atoms with Crippen LogP contribution in [0.15, 0.2) is 65.4 Å². The van der Waals surface area contributed by atoms with Crippen molar-refractivity contribution in [3.63, 3.8) is 0 Å². The summed E-state index contributed by atoms with van der Waals surface area (Å²) >= 11 is 0. The largest absolute Gasteiger partial charge is 0.357 e. The molecule has 1 aromatic carbocycles. The van der Waals surface area contributed by atoms with Crippen molar-refractivity contribution in [1.29, 1.82) is 0 Å². The third-order valence-corrected chi connectivity index (χ3v) is 6.23. The highest BCUT2D eigenvalue weighted by Gasteiger charge is 2.25. The Bertz CT molecular complexity index is 1140. The molecule has 170 valence electrons. The van der Waals surface area contributed by atoms with Gasteiger partial charge in [0, 0.05) is 63.3 Å². The summed E-state index contributed by atoms with van der Waals surface area (Å²) in [5, 5.41) is 3.00. The summed E-state index contributed by atoms with van der Waals surface area (Å²) in [4.78, 5) is 20.9. The van der Waals surface area contributed by atoms with Crippen LogP contribution in [-0.4, -0.2) is 83.9 Å². The second kappa shape index (κ2) is 9.25. The number of hydrogen-bond acceptors (Lipinski definition) is 7. The minimum atomic E-state index is -0.263. The van der Waals surface area contributed by atoms with Crippen LogP contribution >= 0.6 is 0 Å². The van der Waals surface area contributed by atoms with Gasteiger partial charge in [0.25, 0.3) is 0 Å². The number of likely N-dealkylation sites (N-methyl/N-ethyl adjacent to an activating group) is 1. The van der Waals surface area contributed by atoms with Gasteiger partial charge in [-0.05, 0) is 55.1 Å². The second-order valence-corrected chi connectivity index (χ2v) is 8.56. The lowest BCUT2D eigenvalue weighted by atomic mass is 10.00. The number of aliphatic imine (C=N–C) groups is 1. The molecular weight excluding hydrogens is 417 g/mol. The Morgan fingerprint density at radius 1 is 1.06 bits per heavy atom. The van der Waals surface area contributed by atoms with Gasteiger partial charge >= 0.3 is 0 Å². The van der Waals surface area contributed by atoms with Crippen LogP contribution in [0.25, 0.3) is 11.3 Å². The number of rotatable bonds is 5. The maximum atomic E-state index is 13.6. The third kappa shape index (κ3) is 4.72. The van der Waals surface area contributed by atoms with Gasteiger partial charge in [0.15, 0.2) is 0 Å². The Morgan fingerprint density at radius 3 is 2.61 bits per heavy atom. The van der Waals surface area contributed by atoms with Crippen LogP contribution in [0.4, 0.5) is 10.3 Å². The summed E-state index contributed by atoms with van der Waals surface area (Å²) in [5.41, 5.74) is 4.71. The van der Waals surface area contributed by atoms with Gasteiger partial charge in [-0.15, -0.1) is 0 Å². The standard InChI is InChI=1S/C25H28FN7/c1-27-25-28-9-7-22(29-25)21-17-33-10-8-18(16-32-13-11-31(2)12-14-32)15-23(33)30-24(21)19-3-5-20(26)6-4-19/h3-10,15H,11-14,16-17H2,1-2H3,(H,27,28,29). The molecule has 8 heteroatoms. The van der Waals surface area contributed by atoms with E-state index in [0.717, 1.165) is 61.1 Å². The predicted octanol–water partition coefficient (Wildman–Crippen LogP) is 2.94. The molecule has 1 fully saturated rings. The average Bonchev–Trinajstić information content (AvgIpc) is 2.85. The van der Waals surface area contributed by atoms with E-state index in [2.05, 4.69) is 55.4 Å². The Kier molecular flexibility index (Phi) is 6.02. The number of halogens is 1. The molecule has 33 heavy (non-hydrogen) atoms. The smallest absolute Gasteiger partial charge is 0.222 e. The monoisotopic (exact) mass is 445 g/mol. The SMILES string of the molecule is CNc1nccc(C2=C(c3ccc(F)cc3)N=C3C=C(CN4CCN(C)CC4)C=CN3C2)n1. The molecule has 5 rings (SSSR count). The minimum absolute atomic E-state index is 0.263. The first-order chi connectivity index (χ1) is 16.1. The number of amidine groups is 1. The van der Waals surface area contributed by atoms with Gasteiger partial charge in [-0.25, -0.2) is 19.4 Å². The van der Waals surface area contributed by atoms with E-state index in [9.17, 15) is 4.39 Å². The van der Waals surface area contributed by atoms with E-state index >= 15 is 0 Å². The second-order valence-electron chi connectivity index (χ2n) is 8.56. The third-order valence-electron chi connectivity index (χ3n) is 6.23. The number of piperazine rings is 1. The highest BCUT2D eigenvalue weighted by atomic mass is 19.1. The summed E-state index contributed by atoms with van der Waals surface area (Å²) in [5.74, 6) is 1.19. The molecular formula is C25H28FN7. The van der Waals surface area contributed by atoms with Crippen LogP contribution in [0.3, 0.4) is 0 Å². The molecule has 3 aliphatic heterocycles. The molecule has 3 aliphatic rings. The lowest BCUT2D eigenvalue weighted by Crippen LogP contribution is -2.45. The minimum Gasteiger partial charge on any atom is -0.357 e. The molecule has 0 aliphatic carbocycles. The highest BCUT2D eigenvalue weighted by molar-refractivity contribution is 6.06. The maximum absolute atomic E-state index is 13.6. The van der Waals surface area contributed by atoms with E-state index in [4.69, 9.17) is 4.99 Å². The molecule has 0 amide bonds. The molecule has 7 nitrogen and oxygen atoms in total. The zero-order valence-electron chi connectivity index (χ0n) is 19.0. The lowest BCUT2D eigenvalue weighted by Gasteiger charge is -2.34. The molecule has 0 atom stereocenters. The number of nitrogens with zero attached hydrogens (tertiary/aromatic N) is 6. The van der Waals surface area contributed by atoms with Crippen LogP contribution in [0.2, 0.25) is 0 Å². The zero-order valence-corrected chi connectivity index (χ0v) is 19.0. The van der Waals surface area contributed by atoms with Crippen LogP contribution in [0.5, 0.6) is 0 Å². The first-order valence-corrected chi connectivity index (χ1v) is 11.2. The van der Waals surface area contributed by atoms with E-state index in [-0.39, 0.29) is 5.82 Å². The van der Waals surface area contributed by atoms with Gasteiger partial charge in [-0.3, -0.25) is 4.90 Å². The van der Waals surface area contributed by atoms with E-state index in [1.807, 2.05) is 6.07 Å². The Hall–Kier alpha value is -3.36. The number of benzene rings is 1. The fourth-order valence-corrected chi connectivity index (χ4v) is 4.27. The number of aromatic nitrogens is 2. The number of fused-ring (bicyclic) bond motifs is 1. The molecule has 0 bridgehead atoms. The number of hydrogen-bond donors (Lipinski definition) is 1. The normalized spacial score (nSPS) is 19.3. The van der Waals surface area contributed by atoms with Crippen molar-refractivity contribution in [2.45, 2.75) is 0 Å². The number of anilines is 1. The molecule has 4 heterocycles. The fourth-order valence-electron chi connectivity index (χ4n) is 4.27. The van der Waals surface area contributed by atoms with Crippen molar-refractivity contribution in [3.8, 4) is 0 Å². The summed E-state index contributed by atoms with van der Waals surface area (Å²) in [6, 6.07) is 8.39.